The molecular weight excluding hydrogens is 260 g/mol. The Bertz CT molecular complexity index is 684. The molecule has 0 bridgehead atoms. The number of thiazole rings is 1. The van der Waals surface area contributed by atoms with E-state index in [0.29, 0.717) is 27.0 Å². The number of aromatic nitrogens is 1. The fourth-order valence-corrected chi connectivity index (χ4v) is 2.46. The van der Waals surface area contributed by atoms with Crippen LogP contribution >= 0.6 is 11.3 Å². The minimum Gasteiger partial charge on any atom is -0.375 e. The van der Waals surface area contributed by atoms with Crippen LogP contribution in [0, 0.1) is 25.2 Å². The van der Waals surface area contributed by atoms with Gasteiger partial charge in [0.05, 0.1) is 16.9 Å². The van der Waals surface area contributed by atoms with Crippen molar-refractivity contribution in [3.05, 3.63) is 39.9 Å². The lowest BCUT2D eigenvalue weighted by molar-refractivity contribution is 0.103. The zero-order valence-electron chi connectivity index (χ0n) is 10.5. The van der Waals surface area contributed by atoms with Crippen LogP contribution in [0.1, 0.15) is 26.5 Å². The normalized spacial score (nSPS) is 9.95. The highest BCUT2D eigenvalue weighted by Crippen LogP contribution is 2.23. The van der Waals surface area contributed by atoms with Crippen molar-refractivity contribution >= 4 is 28.1 Å². The van der Waals surface area contributed by atoms with Gasteiger partial charge in [-0.15, -0.1) is 0 Å². The van der Waals surface area contributed by atoms with E-state index in [0.717, 1.165) is 16.9 Å². The van der Waals surface area contributed by atoms with Crippen LogP contribution in [0.5, 0.6) is 0 Å². The van der Waals surface area contributed by atoms with Crippen molar-refractivity contribution in [1.82, 2.24) is 4.98 Å². The third-order valence-corrected chi connectivity index (χ3v) is 3.64. The number of hydrogen-bond donors (Lipinski definition) is 2. The van der Waals surface area contributed by atoms with Crippen molar-refractivity contribution in [2.24, 2.45) is 0 Å². The number of benzene rings is 1. The van der Waals surface area contributed by atoms with Gasteiger partial charge in [0.15, 0.2) is 5.13 Å². The summed E-state index contributed by atoms with van der Waals surface area (Å²) in [5, 5.41) is 12.2. The predicted molar refractivity (Wildman–Crippen MR) is 75.1 cm³/mol. The average molecular weight is 272 g/mol. The molecule has 1 aromatic heterocycles. The highest BCUT2D eigenvalue weighted by Gasteiger charge is 2.16. The molecule has 5 nitrogen and oxygen atoms in total. The summed E-state index contributed by atoms with van der Waals surface area (Å²) in [6, 6.07) is 7.40. The summed E-state index contributed by atoms with van der Waals surface area (Å²) < 4.78 is 0. The number of carbonyl (C=O) groups excluding carboxylic acids is 1. The maximum Gasteiger partial charge on any atom is 0.267 e. The average Bonchev–Trinajstić information content (AvgIpc) is 2.69. The van der Waals surface area contributed by atoms with Gasteiger partial charge < -0.3 is 11.1 Å². The van der Waals surface area contributed by atoms with Crippen molar-refractivity contribution in [1.29, 1.82) is 5.26 Å². The Morgan fingerprint density at radius 1 is 1.47 bits per heavy atom. The SMILES string of the molecule is Cc1cccc(NC(=O)c2sc(N)nc2C)c1C#N. The summed E-state index contributed by atoms with van der Waals surface area (Å²) in [4.78, 5) is 16.6. The number of anilines is 2. The lowest BCUT2D eigenvalue weighted by atomic mass is 10.1. The number of nitrogens with two attached hydrogens (primary N) is 1. The van der Waals surface area contributed by atoms with Crippen molar-refractivity contribution in [3.8, 4) is 6.07 Å². The molecule has 0 aliphatic heterocycles. The van der Waals surface area contributed by atoms with E-state index in [1.165, 1.54) is 0 Å². The van der Waals surface area contributed by atoms with E-state index in [4.69, 9.17) is 11.0 Å². The Balaban J connectivity index is 2.32. The molecule has 0 aliphatic rings. The lowest BCUT2D eigenvalue weighted by Crippen LogP contribution is -2.13. The van der Waals surface area contributed by atoms with Gasteiger partial charge in [-0.25, -0.2) is 4.98 Å². The van der Waals surface area contributed by atoms with Gasteiger partial charge in [0.25, 0.3) is 5.91 Å². The summed E-state index contributed by atoms with van der Waals surface area (Å²) in [5.74, 6) is -0.297. The molecule has 2 aromatic rings. The Hall–Kier alpha value is -2.39. The van der Waals surface area contributed by atoms with E-state index in [-0.39, 0.29) is 5.91 Å². The van der Waals surface area contributed by atoms with Crippen LogP contribution < -0.4 is 11.1 Å². The number of amides is 1. The molecule has 1 heterocycles. The largest absolute Gasteiger partial charge is 0.375 e. The van der Waals surface area contributed by atoms with Crippen LogP contribution in [0.2, 0.25) is 0 Å². The maximum atomic E-state index is 12.1. The summed E-state index contributed by atoms with van der Waals surface area (Å²) in [6.45, 7) is 3.55. The summed E-state index contributed by atoms with van der Waals surface area (Å²) >= 11 is 1.13. The maximum absolute atomic E-state index is 12.1. The highest BCUT2D eigenvalue weighted by atomic mass is 32.1. The molecule has 1 aromatic carbocycles. The second-order valence-corrected chi connectivity index (χ2v) is 5.06. The first kappa shape index (κ1) is 13.1. The number of aryl methyl sites for hydroxylation is 2. The van der Waals surface area contributed by atoms with Gasteiger partial charge in [0.1, 0.15) is 10.9 Å². The first-order valence-corrected chi connectivity index (χ1v) is 6.38. The molecule has 0 spiro atoms. The molecule has 0 atom stereocenters. The number of nitrogen functional groups attached to an aromatic ring is 1. The molecule has 0 radical (unpaired) electrons. The molecule has 1 amide bonds. The minimum atomic E-state index is -0.297. The van der Waals surface area contributed by atoms with Crippen LogP contribution in [-0.2, 0) is 0 Å². The number of carbonyl (C=O) groups is 1. The second kappa shape index (κ2) is 5.08. The predicted octanol–water partition coefficient (Wildman–Crippen LogP) is 2.47. The van der Waals surface area contributed by atoms with Crippen molar-refractivity contribution in [3.63, 3.8) is 0 Å². The molecule has 2 rings (SSSR count). The molecule has 6 heteroatoms. The number of nitrogens with zero attached hydrogens (tertiary/aromatic N) is 2. The molecule has 0 fully saturated rings. The highest BCUT2D eigenvalue weighted by molar-refractivity contribution is 7.17. The van der Waals surface area contributed by atoms with Crippen molar-refractivity contribution in [2.75, 3.05) is 11.1 Å². The van der Waals surface area contributed by atoms with E-state index in [2.05, 4.69) is 16.4 Å². The molecular formula is C13H12N4OS. The quantitative estimate of drug-likeness (QED) is 0.878. The summed E-state index contributed by atoms with van der Waals surface area (Å²) in [5.41, 5.74) is 7.94. The van der Waals surface area contributed by atoms with E-state index >= 15 is 0 Å². The monoisotopic (exact) mass is 272 g/mol. The van der Waals surface area contributed by atoms with E-state index < -0.39 is 0 Å². The summed E-state index contributed by atoms with van der Waals surface area (Å²) in [7, 11) is 0. The van der Waals surface area contributed by atoms with Gasteiger partial charge in [0.2, 0.25) is 0 Å². The van der Waals surface area contributed by atoms with Crippen molar-refractivity contribution in [2.45, 2.75) is 13.8 Å². The van der Waals surface area contributed by atoms with Crippen LogP contribution in [0.4, 0.5) is 10.8 Å². The first-order valence-electron chi connectivity index (χ1n) is 5.57. The fraction of sp³-hybridized carbons (Fsp3) is 0.154. The van der Waals surface area contributed by atoms with Gasteiger partial charge in [-0.05, 0) is 25.5 Å². The molecule has 0 aliphatic carbocycles. The Labute approximate surface area is 114 Å². The molecule has 0 saturated carbocycles. The number of rotatable bonds is 2. The minimum absolute atomic E-state index is 0.297. The Kier molecular flexibility index (Phi) is 3.49. The third-order valence-electron chi connectivity index (χ3n) is 2.65. The lowest BCUT2D eigenvalue weighted by Gasteiger charge is -2.07. The van der Waals surface area contributed by atoms with Crippen LogP contribution in [-0.4, -0.2) is 10.9 Å². The molecule has 19 heavy (non-hydrogen) atoms. The van der Waals surface area contributed by atoms with Gasteiger partial charge in [-0.3, -0.25) is 4.79 Å². The second-order valence-electron chi connectivity index (χ2n) is 4.03. The molecule has 3 N–H and O–H groups in total. The van der Waals surface area contributed by atoms with E-state index in [9.17, 15) is 4.79 Å². The number of hydrogen-bond acceptors (Lipinski definition) is 5. The first-order chi connectivity index (χ1) is 9.02. The van der Waals surface area contributed by atoms with Gasteiger partial charge in [-0.1, -0.05) is 23.5 Å². The van der Waals surface area contributed by atoms with E-state index in [1.54, 1.807) is 19.1 Å². The topological polar surface area (TPSA) is 91.8 Å². The summed E-state index contributed by atoms with van der Waals surface area (Å²) in [6.07, 6.45) is 0. The molecule has 0 unspecified atom stereocenters. The third kappa shape index (κ3) is 2.56. The molecule has 96 valence electrons. The number of nitriles is 1. The zero-order valence-corrected chi connectivity index (χ0v) is 11.3. The van der Waals surface area contributed by atoms with Gasteiger partial charge in [0, 0.05) is 0 Å². The Morgan fingerprint density at radius 3 is 2.79 bits per heavy atom. The van der Waals surface area contributed by atoms with Crippen LogP contribution in [0.25, 0.3) is 0 Å². The van der Waals surface area contributed by atoms with Gasteiger partial charge >= 0.3 is 0 Å². The van der Waals surface area contributed by atoms with Crippen molar-refractivity contribution < 1.29 is 4.79 Å². The van der Waals surface area contributed by atoms with Crippen LogP contribution in [0.15, 0.2) is 18.2 Å². The zero-order chi connectivity index (χ0) is 14.0. The van der Waals surface area contributed by atoms with Crippen LogP contribution in [0.3, 0.4) is 0 Å². The standard InChI is InChI=1S/C13H12N4OS/c1-7-4-3-5-10(9(7)6-14)17-12(18)11-8(2)16-13(15)19-11/h3-5H,1-2H3,(H2,15,16)(H,17,18). The van der Waals surface area contributed by atoms with E-state index in [1.807, 2.05) is 13.0 Å². The van der Waals surface area contributed by atoms with Gasteiger partial charge in [-0.2, -0.15) is 5.26 Å². The fourth-order valence-electron chi connectivity index (χ4n) is 1.73. The smallest absolute Gasteiger partial charge is 0.267 e. The Morgan fingerprint density at radius 2 is 2.21 bits per heavy atom. The number of nitrogens with one attached hydrogen (secondary N) is 1. The molecule has 0 saturated heterocycles.